The number of hydrogen-bond donors (Lipinski definition) is 1. The van der Waals surface area contributed by atoms with Gasteiger partial charge in [0.25, 0.3) is 0 Å². The third-order valence-corrected chi connectivity index (χ3v) is 5.26. The molecule has 1 aromatic rings. The van der Waals surface area contributed by atoms with Crippen LogP contribution in [0.5, 0.6) is 5.75 Å². The lowest BCUT2D eigenvalue weighted by Gasteiger charge is -2.33. The molecular weight excluding hydrogens is 314 g/mol. The van der Waals surface area contributed by atoms with Crippen LogP contribution >= 0.6 is 0 Å². The second kappa shape index (κ2) is 8.56. The number of piperidine rings is 1. The number of urea groups is 1. The molecule has 0 aromatic heterocycles. The summed E-state index contributed by atoms with van der Waals surface area (Å²) in [4.78, 5) is 16.7. The first kappa shape index (κ1) is 18.1. The second-order valence-electron chi connectivity index (χ2n) is 7.38. The third kappa shape index (κ3) is 5.36. The summed E-state index contributed by atoms with van der Waals surface area (Å²) in [5.41, 5.74) is 1.14. The van der Waals surface area contributed by atoms with Crippen LogP contribution in [0.3, 0.4) is 0 Å². The molecule has 0 radical (unpaired) electrons. The van der Waals surface area contributed by atoms with Gasteiger partial charge in [0.05, 0.1) is 6.61 Å². The number of amides is 2. The maximum atomic E-state index is 12.3. The van der Waals surface area contributed by atoms with Gasteiger partial charge < -0.3 is 19.9 Å². The van der Waals surface area contributed by atoms with Gasteiger partial charge in [-0.15, -0.1) is 0 Å². The lowest BCUT2D eigenvalue weighted by Crippen LogP contribution is -2.48. The molecule has 1 saturated heterocycles. The van der Waals surface area contributed by atoms with Gasteiger partial charge in [0, 0.05) is 38.8 Å². The highest BCUT2D eigenvalue weighted by Crippen LogP contribution is 2.29. The first-order chi connectivity index (χ1) is 12.1. The van der Waals surface area contributed by atoms with Gasteiger partial charge in [-0.05, 0) is 50.7 Å². The van der Waals surface area contributed by atoms with E-state index in [1.165, 1.54) is 12.8 Å². The molecule has 2 fully saturated rings. The fraction of sp³-hybridized carbons (Fsp3) is 0.650. The Hall–Kier alpha value is -1.75. The average Bonchev–Trinajstić information content (AvgIpc) is 3.45. The highest BCUT2D eigenvalue weighted by atomic mass is 16.5. The zero-order valence-electron chi connectivity index (χ0n) is 15.5. The Morgan fingerprint density at radius 3 is 2.64 bits per heavy atom. The summed E-state index contributed by atoms with van der Waals surface area (Å²) in [5, 5.41) is 3.19. The van der Waals surface area contributed by atoms with E-state index in [4.69, 9.17) is 4.74 Å². The molecule has 3 rings (SSSR count). The number of carbonyl (C=O) groups is 1. The zero-order valence-corrected chi connectivity index (χ0v) is 15.5. The van der Waals surface area contributed by atoms with E-state index in [0.29, 0.717) is 19.2 Å². The molecule has 2 aliphatic rings. The van der Waals surface area contributed by atoms with Crippen LogP contribution in [-0.4, -0.2) is 61.2 Å². The summed E-state index contributed by atoms with van der Waals surface area (Å²) in [5.74, 6) is 0.928. The Morgan fingerprint density at radius 2 is 1.96 bits per heavy atom. The number of likely N-dealkylation sites (tertiary alicyclic amines) is 1. The van der Waals surface area contributed by atoms with Gasteiger partial charge in [-0.3, -0.25) is 0 Å². The molecule has 0 atom stereocenters. The lowest BCUT2D eigenvalue weighted by atomic mass is 10.1. The van der Waals surface area contributed by atoms with E-state index in [0.717, 1.165) is 49.7 Å². The number of nitrogens with one attached hydrogen (secondary N) is 1. The maximum absolute atomic E-state index is 12.3. The number of aryl methyl sites for hydroxylation is 1. The molecule has 1 aliphatic heterocycles. The number of hydrogen-bond acceptors (Lipinski definition) is 3. The highest BCUT2D eigenvalue weighted by Gasteiger charge is 2.32. The number of rotatable bonds is 7. The molecular formula is C20H31N3O2. The SMILES string of the molecule is Cc1ccccc1OCCCN(C)C(=O)NC1CCN(C2CC2)CC1. The van der Waals surface area contributed by atoms with Gasteiger partial charge in [0.2, 0.25) is 0 Å². The summed E-state index contributed by atoms with van der Waals surface area (Å²) in [6.45, 7) is 5.64. The van der Waals surface area contributed by atoms with Crippen LogP contribution in [0.25, 0.3) is 0 Å². The minimum absolute atomic E-state index is 0.0424. The molecule has 1 saturated carbocycles. The van der Waals surface area contributed by atoms with Gasteiger partial charge in [-0.25, -0.2) is 4.79 Å². The van der Waals surface area contributed by atoms with Crippen molar-refractivity contribution in [2.45, 2.75) is 51.1 Å². The normalized spacial score (nSPS) is 18.8. The quantitative estimate of drug-likeness (QED) is 0.773. The van der Waals surface area contributed by atoms with Crippen molar-refractivity contribution in [1.29, 1.82) is 0 Å². The number of benzene rings is 1. The van der Waals surface area contributed by atoms with Crippen LogP contribution in [-0.2, 0) is 0 Å². The van der Waals surface area contributed by atoms with Gasteiger partial charge in [0.1, 0.15) is 5.75 Å². The van der Waals surface area contributed by atoms with Crippen LogP contribution in [0.1, 0.15) is 37.7 Å². The second-order valence-corrected chi connectivity index (χ2v) is 7.38. The lowest BCUT2D eigenvalue weighted by molar-refractivity contribution is 0.172. The van der Waals surface area contributed by atoms with Crippen LogP contribution < -0.4 is 10.1 Å². The van der Waals surface area contributed by atoms with Gasteiger partial charge in [0.15, 0.2) is 0 Å². The van der Waals surface area contributed by atoms with Crippen molar-refractivity contribution in [1.82, 2.24) is 15.1 Å². The molecule has 5 heteroatoms. The largest absolute Gasteiger partial charge is 0.493 e. The fourth-order valence-electron chi connectivity index (χ4n) is 3.44. The maximum Gasteiger partial charge on any atom is 0.317 e. The van der Waals surface area contributed by atoms with Crippen LogP contribution in [0.15, 0.2) is 24.3 Å². The Bertz CT molecular complexity index is 566. The molecule has 1 N–H and O–H groups in total. The molecule has 138 valence electrons. The highest BCUT2D eigenvalue weighted by molar-refractivity contribution is 5.74. The molecule has 1 heterocycles. The molecule has 5 nitrogen and oxygen atoms in total. The van der Waals surface area contributed by atoms with E-state index >= 15 is 0 Å². The molecule has 2 amide bonds. The van der Waals surface area contributed by atoms with Crippen LogP contribution in [0.2, 0.25) is 0 Å². The molecule has 1 aliphatic carbocycles. The summed E-state index contributed by atoms with van der Waals surface area (Å²) in [6.07, 6.45) is 5.71. The number of para-hydroxylation sites is 1. The average molecular weight is 345 g/mol. The van der Waals surface area contributed by atoms with Gasteiger partial charge in [-0.2, -0.15) is 0 Å². The Morgan fingerprint density at radius 1 is 1.24 bits per heavy atom. The fourth-order valence-corrected chi connectivity index (χ4v) is 3.44. The van der Waals surface area contributed by atoms with Crippen molar-refractivity contribution in [3.63, 3.8) is 0 Å². The van der Waals surface area contributed by atoms with E-state index < -0.39 is 0 Å². The molecule has 0 spiro atoms. The molecule has 1 aromatic carbocycles. The zero-order chi connectivity index (χ0) is 17.6. The predicted octanol–water partition coefficient (Wildman–Crippen LogP) is 3.03. The minimum Gasteiger partial charge on any atom is -0.493 e. The number of carbonyl (C=O) groups excluding carboxylic acids is 1. The first-order valence-electron chi connectivity index (χ1n) is 9.57. The Kier molecular flexibility index (Phi) is 6.19. The van der Waals surface area contributed by atoms with E-state index in [1.807, 2.05) is 38.2 Å². The topological polar surface area (TPSA) is 44.8 Å². The number of nitrogens with zero attached hydrogens (tertiary/aromatic N) is 2. The Labute approximate surface area is 151 Å². The first-order valence-corrected chi connectivity index (χ1v) is 9.57. The van der Waals surface area contributed by atoms with Gasteiger partial charge >= 0.3 is 6.03 Å². The van der Waals surface area contributed by atoms with Gasteiger partial charge in [-0.1, -0.05) is 18.2 Å². The summed E-state index contributed by atoms with van der Waals surface area (Å²) >= 11 is 0. The summed E-state index contributed by atoms with van der Waals surface area (Å²) in [7, 11) is 1.86. The monoisotopic (exact) mass is 345 g/mol. The minimum atomic E-state index is 0.0424. The Balaban J connectivity index is 1.30. The molecule has 25 heavy (non-hydrogen) atoms. The van der Waals surface area contributed by atoms with Crippen molar-refractivity contribution < 1.29 is 9.53 Å². The van der Waals surface area contributed by atoms with Crippen LogP contribution in [0, 0.1) is 6.92 Å². The third-order valence-electron chi connectivity index (χ3n) is 5.26. The standard InChI is InChI=1S/C20H31N3O2/c1-16-6-3-4-7-19(16)25-15-5-12-22(2)20(24)21-17-10-13-23(14-11-17)18-8-9-18/h3-4,6-7,17-18H,5,8-15H2,1-2H3,(H,21,24). The van der Waals surface area contributed by atoms with E-state index in [-0.39, 0.29) is 6.03 Å². The van der Waals surface area contributed by atoms with E-state index in [9.17, 15) is 4.79 Å². The summed E-state index contributed by atoms with van der Waals surface area (Å²) in [6, 6.07) is 9.23. The van der Waals surface area contributed by atoms with Crippen molar-refractivity contribution in [3.05, 3.63) is 29.8 Å². The van der Waals surface area contributed by atoms with Crippen molar-refractivity contribution >= 4 is 6.03 Å². The van der Waals surface area contributed by atoms with Crippen molar-refractivity contribution in [2.24, 2.45) is 0 Å². The smallest absolute Gasteiger partial charge is 0.317 e. The molecule has 0 bridgehead atoms. The predicted molar refractivity (Wildman–Crippen MR) is 100 cm³/mol. The van der Waals surface area contributed by atoms with Crippen molar-refractivity contribution in [2.75, 3.05) is 33.3 Å². The van der Waals surface area contributed by atoms with E-state index in [1.54, 1.807) is 4.90 Å². The van der Waals surface area contributed by atoms with Crippen molar-refractivity contribution in [3.8, 4) is 5.75 Å². The van der Waals surface area contributed by atoms with Crippen LogP contribution in [0.4, 0.5) is 4.79 Å². The molecule has 0 unspecified atom stereocenters. The van der Waals surface area contributed by atoms with E-state index in [2.05, 4.69) is 10.2 Å². The summed E-state index contributed by atoms with van der Waals surface area (Å²) < 4.78 is 5.79. The number of ether oxygens (including phenoxy) is 1.